The predicted octanol–water partition coefficient (Wildman–Crippen LogP) is 3.02. The summed E-state index contributed by atoms with van der Waals surface area (Å²) in [7, 11) is 0. The number of carbonyl (C=O) groups is 3. The second kappa shape index (κ2) is 6.88. The number of amides is 2. The molecule has 1 atom stereocenters. The summed E-state index contributed by atoms with van der Waals surface area (Å²) in [5, 5.41) is 13.1. The van der Waals surface area contributed by atoms with E-state index in [1.807, 2.05) is 0 Å². The molecule has 1 aliphatic heterocycles. The number of fused-ring (bicyclic) bond motifs is 1. The van der Waals surface area contributed by atoms with Crippen molar-refractivity contribution in [2.24, 2.45) is 5.41 Å². The molecule has 1 heterocycles. The minimum atomic E-state index is -1.32. The lowest BCUT2D eigenvalue weighted by molar-refractivity contribution is -0.142. The molecule has 0 aromatic carbocycles. The molecule has 0 fully saturated rings. The van der Waals surface area contributed by atoms with Crippen molar-refractivity contribution in [1.29, 1.82) is 0 Å². The minimum Gasteiger partial charge on any atom is -0.480 e. The molecule has 0 bridgehead atoms. The summed E-state index contributed by atoms with van der Waals surface area (Å²) in [6.07, 6.45) is 2.98. The molecular formula is C19H27N3O6. The van der Waals surface area contributed by atoms with Gasteiger partial charge in [-0.05, 0) is 54.5 Å². The Balaban J connectivity index is 2.38. The van der Waals surface area contributed by atoms with Crippen LogP contribution in [0.25, 0.3) is 0 Å². The molecule has 0 aromatic rings. The first kappa shape index (κ1) is 21.3. The molecule has 9 heteroatoms. The average molecular weight is 393 g/mol. The van der Waals surface area contributed by atoms with Crippen LogP contribution in [0.3, 0.4) is 0 Å². The number of nitrogens with one attached hydrogen (secondary N) is 2. The topological polar surface area (TPSA) is 117 Å². The van der Waals surface area contributed by atoms with Gasteiger partial charge in [0.2, 0.25) is 0 Å². The lowest BCUT2D eigenvalue weighted by atomic mass is 9.84. The highest BCUT2D eigenvalue weighted by molar-refractivity contribution is 5.83. The quantitative estimate of drug-likeness (QED) is 0.660. The summed E-state index contributed by atoms with van der Waals surface area (Å²) in [6.45, 7) is 11.8. The fourth-order valence-electron chi connectivity index (χ4n) is 2.47. The fraction of sp³-hybridized carbons (Fsp3) is 0.526. The number of alkyl carbamates (subject to hydrolysis) is 1. The van der Waals surface area contributed by atoms with Crippen LogP contribution in [0.2, 0.25) is 0 Å². The number of ether oxygens (including phenoxy) is 2. The second-order valence-electron chi connectivity index (χ2n) is 8.79. The smallest absolute Gasteiger partial charge is 0.434 e. The third-order valence-electron chi connectivity index (χ3n) is 3.71. The number of hydrazine groups is 1. The van der Waals surface area contributed by atoms with Crippen molar-refractivity contribution in [3.05, 3.63) is 35.3 Å². The van der Waals surface area contributed by atoms with Gasteiger partial charge in [-0.2, -0.15) is 5.01 Å². The van der Waals surface area contributed by atoms with Crippen LogP contribution >= 0.6 is 0 Å². The van der Waals surface area contributed by atoms with Crippen LogP contribution in [0.1, 0.15) is 48.5 Å². The van der Waals surface area contributed by atoms with E-state index < -0.39 is 34.8 Å². The lowest BCUT2D eigenvalue weighted by Crippen LogP contribution is -2.44. The Morgan fingerprint density at radius 3 is 2.18 bits per heavy atom. The van der Waals surface area contributed by atoms with E-state index in [0.29, 0.717) is 5.57 Å². The Bertz CT molecular complexity index is 797. The van der Waals surface area contributed by atoms with Crippen LogP contribution in [0.15, 0.2) is 35.3 Å². The Kier molecular flexibility index (Phi) is 5.24. The summed E-state index contributed by atoms with van der Waals surface area (Å²) in [4.78, 5) is 36.4. The van der Waals surface area contributed by atoms with Gasteiger partial charge in [-0.3, -0.25) is 15.5 Å². The number of carboxylic acid groups (broad SMARTS) is 1. The van der Waals surface area contributed by atoms with Crippen molar-refractivity contribution in [2.75, 3.05) is 0 Å². The second-order valence-corrected chi connectivity index (χ2v) is 8.79. The third-order valence-corrected chi connectivity index (χ3v) is 3.71. The zero-order valence-corrected chi connectivity index (χ0v) is 17.2. The van der Waals surface area contributed by atoms with Crippen LogP contribution < -0.4 is 10.7 Å². The normalized spacial score (nSPS) is 21.5. The van der Waals surface area contributed by atoms with Crippen molar-refractivity contribution in [3.63, 3.8) is 0 Å². The van der Waals surface area contributed by atoms with Crippen LogP contribution in [0.4, 0.5) is 9.59 Å². The molecule has 2 amide bonds. The number of hydrogen-bond acceptors (Lipinski definition) is 6. The number of nitrogens with zero attached hydrogens (tertiary/aromatic N) is 1. The van der Waals surface area contributed by atoms with E-state index in [1.54, 1.807) is 41.5 Å². The molecule has 0 saturated heterocycles. The van der Waals surface area contributed by atoms with E-state index in [1.165, 1.54) is 25.2 Å². The highest BCUT2D eigenvalue weighted by atomic mass is 16.6. The summed E-state index contributed by atoms with van der Waals surface area (Å²) in [5.74, 6) is -0.886. The third kappa shape index (κ3) is 4.85. The van der Waals surface area contributed by atoms with Crippen LogP contribution in [0.5, 0.6) is 0 Å². The summed E-state index contributed by atoms with van der Waals surface area (Å²) in [5.41, 5.74) is 0.688. The van der Waals surface area contributed by atoms with Crippen LogP contribution in [-0.4, -0.2) is 39.5 Å². The molecule has 1 aliphatic carbocycles. The Morgan fingerprint density at radius 2 is 1.68 bits per heavy atom. The maximum Gasteiger partial charge on any atom is 0.434 e. The summed E-state index contributed by atoms with van der Waals surface area (Å²) < 4.78 is 10.6. The zero-order chi connectivity index (χ0) is 21.5. The number of carbonyl (C=O) groups excluding carboxylic acids is 2. The van der Waals surface area contributed by atoms with E-state index in [4.69, 9.17) is 9.47 Å². The van der Waals surface area contributed by atoms with Crippen LogP contribution in [-0.2, 0) is 14.3 Å². The van der Waals surface area contributed by atoms with E-state index >= 15 is 0 Å². The lowest BCUT2D eigenvalue weighted by Gasteiger charge is -2.28. The molecule has 0 aromatic heterocycles. The Hall–Kier alpha value is -2.97. The molecule has 0 radical (unpaired) electrons. The highest BCUT2D eigenvalue weighted by Crippen LogP contribution is 2.36. The maximum absolute atomic E-state index is 12.6. The standard InChI is InChI=1S/C19H27N3O6/c1-17(2,3)27-15(25)20-13-11-8-9-19(7,14(23)24)10-12(11)22(21-13)16(26)28-18(4,5)6/h8-10,21H,1-7H3,(H,20,25)(H,23,24). The average Bonchev–Trinajstić information content (AvgIpc) is 2.81. The molecule has 0 saturated carbocycles. The fourth-order valence-corrected chi connectivity index (χ4v) is 2.47. The molecule has 28 heavy (non-hydrogen) atoms. The van der Waals surface area contributed by atoms with E-state index in [-0.39, 0.29) is 11.5 Å². The molecule has 1 unspecified atom stereocenters. The SMILES string of the molecule is CC(C)(C)OC(=O)NC1=C2C=CC(C)(C(=O)O)C=C2N(C(=O)OC(C)(C)C)N1. The summed E-state index contributed by atoms with van der Waals surface area (Å²) in [6, 6.07) is 0. The molecule has 9 nitrogen and oxygen atoms in total. The van der Waals surface area contributed by atoms with Crippen molar-refractivity contribution < 1.29 is 29.0 Å². The van der Waals surface area contributed by atoms with Gasteiger partial charge in [-0.15, -0.1) is 0 Å². The maximum atomic E-state index is 12.6. The number of carboxylic acids is 1. The van der Waals surface area contributed by atoms with E-state index in [2.05, 4.69) is 10.7 Å². The first-order valence-electron chi connectivity index (χ1n) is 8.81. The molecule has 154 valence electrons. The van der Waals surface area contributed by atoms with E-state index in [0.717, 1.165) is 5.01 Å². The monoisotopic (exact) mass is 393 g/mol. The van der Waals surface area contributed by atoms with Gasteiger partial charge in [0, 0.05) is 5.57 Å². The molecule has 2 aliphatic rings. The number of aliphatic carboxylic acids is 1. The highest BCUT2D eigenvalue weighted by Gasteiger charge is 2.40. The molecule has 3 N–H and O–H groups in total. The van der Waals surface area contributed by atoms with Gasteiger partial charge in [0.1, 0.15) is 22.4 Å². The largest absolute Gasteiger partial charge is 0.480 e. The van der Waals surface area contributed by atoms with Gasteiger partial charge in [0.25, 0.3) is 0 Å². The zero-order valence-electron chi connectivity index (χ0n) is 17.2. The molecule has 0 spiro atoms. The molecular weight excluding hydrogens is 366 g/mol. The Morgan fingerprint density at radius 1 is 1.11 bits per heavy atom. The van der Waals surface area contributed by atoms with Gasteiger partial charge < -0.3 is 14.6 Å². The number of hydrogen-bond donors (Lipinski definition) is 3. The van der Waals surface area contributed by atoms with Gasteiger partial charge in [-0.25, -0.2) is 9.59 Å². The van der Waals surface area contributed by atoms with Crippen molar-refractivity contribution in [3.8, 4) is 0 Å². The van der Waals surface area contributed by atoms with Gasteiger partial charge in [0.05, 0.1) is 5.70 Å². The van der Waals surface area contributed by atoms with Gasteiger partial charge in [-0.1, -0.05) is 12.2 Å². The minimum absolute atomic E-state index is 0.190. The van der Waals surface area contributed by atoms with Gasteiger partial charge >= 0.3 is 18.2 Å². The molecule has 2 rings (SSSR count). The van der Waals surface area contributed by atoms with Crippen molar-refractivity contribution in [2.45, 2.75) is 59.7 Å². The van der Waals surface area contributed by atoms with Crippen molar-refractivity contribution in [1.82, 2.24) is 15.8 Å². The summed E-state index contributed by atoms with van der Waals surface area (Å²) >= 11 is 0. The Labute approximate surface area is 164 Å². The van der Waals surface area contributed by atoms with Gasteiger partial charge in [0.15, 0.2) is 0 Å². The first-order valence-corrected chi connectivity index (χ1v) is 8.81. The van der Waals surface area contributed by atoms with Crippen LogP contribution in [0, 0.1) is 5.41 Å². The predicted molar refractivity (Wildman–Crippen MR) is 101 cm³/mol. The number of rotatable bonds is 2. The van der Waals surface area contributed by atoms with Crippen molar-refractivity contribution >= 4 is 18.2 Å². The first-order chi connectivity index (χ1) is 12.6. The number of allylic oxidation sites excluding steroid dienone is 1. The van der Waals surface area contributed by atoms with E-state index in [9.17, 15) is 19.5 Å².